The maximum atomic E-state index is 11.3. The lowest BCUT2D eigenvalue weighted by atomic mass is 10.2. The third-order valence-corrected chi connectivity index (χ3v) is 1.72. The van der Waals surface area contributed by atoms with Gasteiger partial charge in [0.25, 0.3) is 0 Å². The molecule has 2 nitrogen and oxygen atoms in total. The molecule has 1 heterocycles. The second kappa shape index (κ2) is 2.74. The minimum atomic E-state index is 0.0168. The van der Waals surface area contributed by atoms with Crippen LogP contribution in [0.25, 0.3) is 10.9 Å². The summed E-state index contributed by atoms with van der Waals surface area (Å²) in [6.45, 7) is 0. The predicted molar refractivity (Wildman–Crippen MR) is 48.0 cm³/mol. The highest BCUT2D eigenvalue weighted by atomic mass is 16.1. The van der Waals surface area contributed by atoms with E-state index < -0.39 is 0 Å². The summed E-state index contributed by atoms with van der Waals surface area (Å²) in [5, 5.41) is 0.669. The normalized spacial score (nSPS) is 10.0. The molecular weight excluding hydrogens is 150 g/mol. The van der Waals surface area contributed by atoms with Crippen molar-refractivity contribution in [3.63, 3.8) is 0 Å². The standard InChI is InChI=1S/C10H7NO/c12-10-6-3-7-11-9-5-2-1-4-8(9)10/h1-7H. The first-order valence-electron chi connectivity index (χ1n) is 3.72. The zero-order chi connectivity index (χ0) is 8.39. The Hall–Kier alpha value is -1.70. The second-order valence-electron chi connectivity index (χ2n) is 2.52. The molecule has 2 aromatic rings. The molecule has 0 aliphatic carbocycles. The van der Waals surface area contributed by atoms with Crippen molar-refractivity contribution in [3.8, 4) is 0 Å². The van der Waals surface area contributed by atoms with Gasteiger partial charge >= 0.3 is 0 Å². The molecule has 0 unspecified atom stereocenters. The van der Waals surface area contributed by atoms with Crippen molar-refractivity contribution in [2.24, 2.45) is 0 Å². The number of nitrogens with zero attached hydrogens (tertiary/aromatic N) is 1. The molecule has 58 valence electrons. The highest BCUT2D eigenvalue weighted by molar-refractivity contribution is 5.77. The fraction of sp³-hybridized carbons (Fsp3) is 0. The molecule has 0 aliphatic rings. The Morgan fingerprint density at radius 3 is 2.75 bits per heavy atom. The van der Waals surface area contributed by atoms with Gasteiger partial charge in [-0.3, -0.25) is 9.78 Å². The maximum Gasteiger partial charge on any atom is 0.188 e. The lowest BCUT2D eigenvalue weighted by Crippen LogP contribution is -1.93. The molecule has 0 N–H and O–H groups in total. The van der Waals surface area contributed by atoms with Gasteiger partial charge in [-0.1, -0.05) is 12.1 Å². The van der Waals surface area contributed by atoms with Gasteiger partial charge < -0.3 is 0 Å². The van der Waals surface area contributed by atoms with Crippen LogP contribution in [-0.2, 0) is 0 Å². The van der Waals surface area contributed by atoms with E-state index in [0.29, 0.717) is 5.39 Å². The molecular formula is C10H7NO. The van der Waals surface area contributed by atoms with E-state index in [1.54, 1.807) is 18.3 Å². The van der Waals surface area contributed by atoms with Crippen molar-refractivity contribution in [2.45, 2.75) is 0 Å². The van der Waals surface area contributed by atoms with Crippen LogP contribution >= 0.6 is 0 Å². The Morgan fingerprint density at radius 1 is 1.00 bits per heavy atom. The van der Waals surface area contributed by atoms with E-state index in [1.807, 2.05) is 18.2 Å². The first kappa shape index (κ1) is 6.98. The third kappa shape index (κ3) is 1.07. The topological polar surface area (TPSA) is 30.0 Å². The van der Waals surface area contributed by atoms with Crippen LogP contribution in [0.2, 0.25) is 0 Å². The molecule has 0 radical (unpaired) electrons. The molecule has 0 saturated heterocycles. The smallest absolute Gasteiger partial charge is 0.188 e. The van der Waals surface area contributed by atoms with Gasteiger partial charge in [-0.05, 0) is 24.3 Å². The molecule has 2 heteroatoms. The number of hydrogen-bond acceptors (Lipinski definition) is 2. The van der Waals surface area contributed by atoms with Gasteiger partial charge in [0, 0.05) is 11.6 Å². The fourth-order valence-corrected chi connectivity index (χ4v) is 1.14. The van der Waals surface area contributed by atoms with Crippen LogP contribution in [0.15, 0.2) is 47.4 Å². The lowest BCUT2D eigenvalue weighted by Gasteiger charge is -1.85. The molecule has 1 aromatic carbocycles. The number of rotatable bonds is 0. The van der Waals surface area contributed by atoms with Crippen molar-refractivity contribution in [3.05, 3.63) is 52.8 Å². The lowest BCUT2D eigenvalue weighted by molar-refractivity contribution is 1.44. The van der Waals surface area contributed by atoms with E-state index >= 15 is 0 Å². The van der Waals surface area contributed by atoms with Crippen molar-refractivity contribution >= 4 is 10.9 Å². The van der Waals surface area contributed by atoms with Gasteiger partial charge in [0.15, 0.2) is 5.43 Å². The van der Waals surface area contributed by atoms with Crippen molar-refractivity contribution in [1.82, 2.24) is 4.98 Å². The van der Waals surface area contributed by atoms with Gasteiger partial charge in [-0.15, -0.1) is 0 Å². The molecule has 0 amide bonds. The first-order chi connectivity index (χ1) is 5.88. The predicted octanol–water partition coefficient (Wildman–Crippen LogP) is 1.59. The number of hydrogen-bond donors (Lipinski definition) is 0. The molecule has 0 aliphatic heterocycles. The maximum absolute atomic E-state index is 11.3. The summed E-state index contributed by atoms with van der Waals surface area (Å²) in [6.07, 6.45) is 1.63. The molecule has 0 atom stereocenters. The zero-order valence-electron chi connectivity index (χ0n) is 6.40. The molecule has 1 aromatic heterocycles. The summed E-state index contributed by atoms with van der Waals surface area (Å²) >= 11 is 0. The monoisotopic (exact) mass is 157 g/mol. The number of fused-ring (bicyclic) bond motifs is 1. The Morgan fingerprint density at radius 2 is 1.83 bits per heavy atom. The summed E-state index contributed by atoms with van der Waals surface area (Å²) in [4.78, 5) is 15.4. The van der Waals surface area contributed by atoms with Crippen LogP contribution in [0.5, 0.6) is 0 Å². The van der Waals surface area contributed by atoms with E-state index in [4.69, 9.17) is 0 Å². The molecule has 0 fully saturated rings. The first-order valence-corrected chi connectivity index (χ1v) is 3.72. The fourth-order valence-electron chi connectivity index (χ4n) is 1.14. The van der Waals surface area contributed by atoms with Crippen LogP contribution in [0, 0.1) is 0 Å². The quantitative estimate of drug-likeness (QED) is 0.581. The van der Waals surface area contributed by atoms with Gasteiger partial charge in [0.05, 0.1) is 5.52 Å². The number of benzene rings is 1. The van der Waals surface area contributed by atoms with Gasteiger partial charge in [0.2, 0.25) is 0 Å². The van der Waals surface area contributed by atoms with E-state index in [9.17, 15) is 4.79 Å². The zero-order valence-corrected chi connectivity index (χ0v) is 6.40. The Labute approximate surface area is 69.5 Å². The van der Waals surface area contributed by atoms with Gasteiger partial charge in [-0.2, -0.15) is 0 Å². The minimum Gasteiger partial charge on any atom is -0.289 e. The average molecular weight is 157 g/mol. The molecule has 12 heavy (non-hydrogen) atoms. The SMILES string of the molecule is O=c1cccnc2ccccc12. The van der Waals surface area contributed by atoms with Gasteiger partial charge in [-0.25, -0.2) is 0 Å². The van der Waals surface area contributed by atoms with E-state index in [2.05, 4.69) is 4.98 Å². The summed E-state index contributed by atoms with van der Waals surface area (Å²) < 4.78 is 0. The van der Waals surface area contributed by atoms with E-state index in [1.165, 1.54) is 6.07 Å². The Bertz CT molecular complexity index is 465. The minimum absolute atomic E-state index is 0.0168. The van der Waals surface area contributed by atoms with Crippen molar-refractivity contribution < 1.29 is 0 Å². The van der Waals surface area contributed by atoms with E-state index in [-0.39, 0.29) is 5.43 Å². The molecule has 0 saturated carbocycles. The van der Waals surface area contributed by atoms with Crippen LogP contribution in [0.3, 0.4) is 0 Å². The largest absolute Gasteiger partial charge is 0.289 e. The highest BCUT2D eigenvalue weighted by Crippen LogP contribution is 2.02. The van der Waals surface area contributed by atoms with Crippen LogP contribution < -0.4 is 5.43 Å². The van der Waals surface area contributed by atoms with Gasteiger partial charge in [0.1, 0.15) is 0 Å². The molecule has 0 bridgehead atoms. The Balaban J connectivity index is 3.06. The highest BCUT2D eigenvalue weighted by Gasteiger charge is 1.92. The van der Waals surface area contributed by atoms with Crippen LogP contribution in [-0.4, -0.2) is 4.98 Å². The number of para-hydroxylation sites is 1. The molecule has 2 rings (SSSR count). The second-order valence-corrected chi connectivity index (χ2v) is 2.52. The summed E-state index contributed by atoms with van der Waals surface area (Å²) in [5.74, 6) is 0. The summed E-state index contributed by atoms with van der Waals surface area (Å²) in [5.41, 5.74) is 0.760. The average Bonchev–Trinajstić information content (AvgIpc) is 2.29. The van der Waals surface area contributed by atoms with Crippen molar-refractivity contribution in [2.75, 3.05) is 0 Å². The van der Waals surface area contributed by atoms with E-state index in [0.717, 1.165) is 5.52 Å². The third-order valence-electron chi connectivity index (χ3n) is 1.72. The number of aromatic nitrogens is 1. The summed E-state index contributed by atoms with van der Waals surface area (Å²) in [7, 11) is 0. The van der Waals surface area contributed by atoms with Crippen LogP contribution in [0.1, 0.15) is 0 Å². The van der Waals surface area contributed by atoms with Crippen LogP contribution in [0.4, 0.5) is 0 Å². The van der Waals surface area contributed by atoms with Crippen molar-refractivity contribution in [1.29, 1.82) is 0 Å². The summed E-state index contributed by atoms with van der Waals surface area (Å²) in [6, 6.07) is 10.5. The molecule has 0 spiro atoms. The Kier molecular flexibility index (Phi) is 1.59.